The van der Waals surface area contributed by atoms with E-state index in [0.29, 0.717) is 12.5 Å². The molecule has 0 aromatic heterocycles. The summed E-state index contributed by atoms with van der Waals surface area (Å²) in [5.74, 6) is 0.260. The van der Waals surface area contributed by atoms with E-state index >= 15 is 0 Å². The summed E-state index contributed by atoms with van der Waals surface area (Å²) in [5.41, 5.74) is 3.53. The molecule has 1 saturated heterocycles. The summed E-state index contributed by atoms with van der Waals surface area (Å²) >= 11 is 0. The molecule has 1 aliphatic heterocycles. The van der Waals surface area contributed by atoms with Crippen molar-refractivity contribution < 1.29 is 4.79 Å². The van der Waals surface area contributed by atoms with E-state index in [0.717, 1.165) is 12.1 Å². The van der Waals surface area contributed by atoms with E-state index in [1.165, 1.54) is 11.1 Å². The molecule has 1 heterocycles. The largest absolute Gasteiger partial charge is 0.309 e. The summed E-state index contributed by atoms with van der Waals surface area (Å²) in [7, 11) is 0. The first-order chi connectivity index (χ1) is 7.27. The number of hydrogen-bond donors (Lipinski definition) is 0. The van der Waals surface area contributed by atoms with Crippen molar-refractivity contribution in [2.24, 2.45) is 0 Å². The van der Waals surface area contributed by atoms with Crippen LogP contribution in [0.5, 0.6) is 0 Å². The van der Waals surface area contributed by atoms with E-state index in [1.807, 2.05) is 11.0 Å². The smallest absolute Gasteiger partial charge is 0.227 e. The Morgan fingerprint density at radius 1 is 1.33 bits per heavy atom. The Kier molecular flexibility index (Phi) is 1.72. The molecule has 0 aromatic carbocycles. The fourth-order valence-electron chi connectivity index (χ4n) is 2.48. The van der Waals surface area contributed by atoms with E-state index in [9.17, 15) is 4.79 Å². The SMILES string of the molecule is CC1CCC(=O)N1C1=CC=C2C=CC=C21. The first-order valence-electron chi connectivity index (χ1n) is 5.40. The Morgan fingerprint density at radius 3 is 2.93 bits per heavy atom. The van der Waals surface area contributed by atoms with Crippen molar-refractivity contribution in [2.45, 2.75) is 25.8 Å². The third kappa shape index (κ3) is 1.14. The lowest BCUT2D eigenvalue weighted by Crippen LogP contribution is -2.30. The zero-order valence-electron chi connectivity index (χ0n) is 8.73. The van der Waals surface area contributed by atoms with Crippen LogP contribution in [0.4, 0.5) is 0 Å². The second-order valence-corrected chi connectivity index (χ2v) is 4.26. The maximum Gasteiger partial charge on any atom is 0.227 e. The number of hydrogen-bond acceptors (Lipinski definition) is 1. The van der Waals surface area contributed by atoms with Gasteiger partial charge < -0.3 is 4.90 Å². The van der Waals surface area contributed by atoms with Gasteiger partial charge in [-0.05, 0) is 25.0 Å². The summed E-state index contributed by atoms with van der Waals surface area (Å²) in [6.07, 6.45) is 12.0. The van der Waals surface area contributed by atoms with E-state index in [-0.39, 0.29) is 5.91 Å². The van der Waals surface area contributed by atoms with Crippen LogP contribution in [-0.4, -0.2) is 16.8 Å². The van der Waals surface area contributed by atoms with Gasteiger partial charge in [0, 0.05) is 18.0 Å². The predicted molar refractivity (Wildman–Crippen MR) is 58.9 cm³/mol. The standard InChI is InChI=1S/C13H13NO/c1-9-5-8-13(15)14(9)12-7-6-10-3-2-4-11(10)12/h2-4,6-7,9H,5,8H2,1H3. The first kappa shape index (κ1) is 8.72. The molecule has 1 unspecified atom stereocenters. The minimum Gasteiger partial charge on any atom is -0.309 e. The summed E-state index contributed by atoms with van der Waals surface area (Å²) in [6, 6.07) is 0.345. The van der Waals surface area contributed by atoms with Crippen molar-refractivity contribution in [3.8, 4) is 0 Å². The van der Waals surface area contributed by atoms with Crippen molar-refractivity contribution in [2.75, 3.05) is 0 Å². The molecule has 1 fully saturated rings. The van der Waals surface area contributed by atoms with Gasteiger partial charge in [-0.25, -0.2) is 0 Å². The van der Waals surface area contributed by atoms with Crippen molar-refractivity contribution in [1.82, 2.24) is 4.90 Å². The lowest BCUT2D eigenvalue weighted by Gasteiger charge is -2.24. The highest BCUT2D eigenvalue weighted by atomic mass is 16.2. The molecule has 2 aliphatic carbocycles. The highest BCUT2D eigenvalue weighted by Gasteiger charge is 2.33. The van der Waals surface area contributed by atoms with E-state index in [4.69, 9.17) is 0 Å². The molecule has 3 rings (SSSR count). The fourth-order valence-corrected chi connectivity index (χ4v) is 2.48. The molecule has 1 atom stereocenters. The van der Waals surface area contributed by atoms with Gasteiger partial charge in [-0.2, -0.15) is 0 Å². The number of allylic oxidation sites excluding steroid dienone is 6. The Hall–Kier alpha value is -1.57. The van der Waals surface area contributed by atoms with Gasteiger partial charge in [0.2, 0.25) is 5.91 Å². The molecule has 15 heavy (non-hydrogen) atoms. The van der Waals surface area contributed by atoms with Crippen LogP contribution in [-0.2, 0) is 4.79 Å². The molecule has 2 nitrogen and oxygen atoms in total. The molecule has 76 valence electrons. The van der Waals surface area contributed by atoms with Crippen LogP contribution in [0.25, 0.3) is 0 Å². The van der Waals surface area contributed by atoms with Gasteiger partial charge in [0.25, 0.3) is 0 Å². The normalized spacial score (nSPS) is 28.1. The van der Waals surface area contributed by atoms with Gasteiger partial charge in [0.1, 0.15) is 0 Å². The van der Waals surface area contributed by atoms with E-state index < -0.39 is 0 Å². The van der Waals surface area contributed by atoms with Crippen molar-refractivity contribution in [3.63, 3.8) is 0 Å². The first-order valence-corrected chi connectivity index (χ1v) is 5.40. The number of carbonyl (C=O) groups is 1. The Labute approximate surface area is 89.3 Å². The maximum atomic E-state index is 11.8. The lowest BCUT2D eigenvalue weighted by molar-refractivity contribution is -0.126. The van der Waals surface area contributed by atoms with Crippen LogP contribution in [0.1, 0.15) is 19.8 Å². The van der Waals surface area contributed by atoms with Crippen molar-refractivity contribution in [1.29, 1.82) is 0 Å². The maximum absolute atomic E-state index is 11.8. The Balaban J connectivity index is 1.94. The third-order valence-electron chi connectivity index (χ3n) is 3.29. The van der Waals surface area contributed by atoms with E-state index in [2.05, 4.69) is 31.2 Å². The van der Waals surface area contributed by atoms with Gasteiger partial charge in [0.05, 0.1) is 5.70 Å². The molecule has 0 bridgehead atoms. The number of likely N-dealkylation sites (tertiary alicyclic amines) is 1. The summed E-state index contributed by atoms with van der Waals surface area (Å²) < 4.78 is 0. The van der Waals surface area contributed by atoms with Crippen molar-refractivity contribution in [3.05, 3.63) is 47.2 Å². The molecular weight excluding hydrogens is 186 g/mol. The van der Waals surface area contributed by atoms with Crippen LogP contribution in [0.2, 0.25) is 0 Å². The molecule has 0 spiro atoms. The number of rotatable bonds is 1. The van der Waals surface area contributed by atoms with E-state index in [1.54, 1.807) is 0 Å². The van der Waals surface area contributed by atoms with Gasteiger partial charge in [-0.15, -0.1) is 0 Å². The number of fused-ring (bicyclic) bond motifs is 1. The summed E-state index contributed by atoms with van der Waals surface area (Å²) in [5, 5.41) is 0. The molecule has 3 aliphatic rings. The number of amides is 1. The summed E-state index contributed by atoms with van der Waals surface area (Å²) in [4.78, 5) is 13.7. The highest BCUT2D eigenvalue weighted by Crippen LogP contribution is 2.36. The number of nitrogens with zero attached hydrogens (tertiary/aromatic N) is 1. The molecule has 0 aromatic rings. The van der Waals surface area contributed by atoms with Crippen LogP contribution < -0.4 is 0 Å². The molecular formula is C13H13NO. The zero-order valence-corrected chi connectivity index (χ0v) is 8.73. The minimum absolute atomic E-state index is 0.260. The highest BCUT2D eigenvalue weighted by molar-refractivity contribution is 5.83. The quantitative estimate of drug-likeness (QED) is 0.634. The fraction of sp³-hybridized carbons (Fsp3) is 0.308. The van der Waals surface area contributed by atoms with Gasteiger partial charge >= 0.3 is 0 Å². The second kappa shape index (κ2) is 2.96. The minimum atomic E-state index is 0.260. The molecule has 1 amide bonds. The van der Waals surface area contributed by atoms with Crippen LogP contribution in [0.15, 0.2) is 47.2 Å². The molecule has 0 N–H and O–H groups in total. The van der Waals surface area contributed by atoms with Gasteiger partial charge in [-0.1, -0.05) is 24.3 Å². The van der Waals surface area contributed by atoms with Crippen LogP contribution in [0, 0.1) is 0 Å². The lowest BCUT2D eigenvalue weighted by atomic mass is 10.1. The second-order valence-electron chi connectivity index (χ2n) is 4.26. The molecule has 2 heteroatoms. The predicted octanol–water partition coefficient (Wildman–Crippen LogP) is 2.32. The van der Waals surface area contributed by atoms with Crippen LogP contribution in [0.3, 0.4) is 0 Å². The Bertz CT molecular complexity index is 451. The summed E-state index contributed by atoms with van der Waals surface area (Å²) in [6.45, 7) is 2.12. The van der Waals surface area contributed by atoms with Gasteiger partial charge in [0.15, 0.2) is 0 Å². The molecule has 0 radical (unpaired) electrons. The Morgan fingerprint density at radius 2 is 2.20 bits per heavy atom. The van der Waals surface area contributed by atoms with Crippen LogP contribution >= 0.6 is 0 Å². The third-order valence-corrected chi connectivity index (χ3v) is 3.29. The average Bonchev–Trinajstić information content (AvgIpc) is 2.84. The average molecular weight is 199 g/mol. The van der Waals surface area contributed by atoms with Crippen molar-refractivity contribution >= 4 is 5.91 Å². The van der Waals surface area contributed by atoms with Gasteiger partial charge in [-0.3, -0.25) is 4.79 Å². The zero-order chi connectivity index (χ0) is 10.4. The molecule has 0 saturated carbocycles. The topological polar surface area (TPSA) is 20.3 Å². The monoisotopic (exact) mass is 199 g/mol. The number of carbonyl (C=O) groups excluding carboxylic acids is 1.